The Hall–Kier alpha value is -1.55. The van der Waals surface area contributed by atoms with Crippen molar-refractivity contribution < 1.29 is 9.90 Å². The van der Waals surface area contributed by atoms with Crippen LogP contribution >= 0.6 is 0 Å². The molecule has 0 unspecified atom stereocenters. The number of aryl methyl sites for hydroxylation is 1. The van der Waals surface area contributed by atoms with Gasteiger partial charge in [0.1, 0.15) is 5.75 Å². The summed E-state index contributed by atoms with van der Waals surface area (Å²) in [4.78, 5) is 13.8. The van der Waals surface area contributed by atoms with Gasteiger partial charge in [-0.1, -0.05) is 12.1 Å². The van der Waals surface area contributed by atoms with Crippen molar-refractivity contribution in [1.29, 1.82) is 0 Å². The van der Waals surface area contributed by atoms with Crippen LogP contribution in [0.2, 0.25) is 0 Å². The van der Waals surface area contributed by atoms with Gasteiger partial charge in [0.15, 0.2) is 0 Å². The molecule has 0 radical (unpaired) electrons. The fraction of sp³-hybridized carbons (Fsp3) is 0.462. The van der Waals surface area contributed by atoms with E-state index in [4.69, 9.17) is 0 Å². The van der Waals surface area contributed by atoms with E-state index in [0.29, 0.717) is 12.8 Å². The van der Waals surface area contributed by atoms with Gasteiger partial charge in [0.05, 0.1) is 0 Å². The number of aromatic hydroxyl groups is 1. The zero-order chi connectivity index (χ0) is 12.1. The van der Waals surface area contributed by atoms with Crippen LogP contribution in [-0.2, 0) is 11.2 Å². The fourth-order valence-electron chi connectivity index (χ4n) is 2.04. The second-order valence-corrected chi connectivity index (χ2v) is 4.30. The fourth-order valence-corrected chi connectivity index (χ4v) is 2.04. The van der Waals surface area contributed by atoms with Crippen molar-refractivity contribution in [2.75, 3.05) is 26.2 Å². The van der Waals surface area contributed by atoms with Crippen LogP contribution in [0.25, 0.3) is 0 Å². The van der Waals surface area contributed by atoms with Crippen LogP contribution in [0, 0.1) is 0 Å². The van der Waals surface area contributed by atoms with E-state index in [1.54, 1.807) is 18.2 Å². The maximum absolute atomic E-state index is 11.9. The number of nitrogens with zero attached hydrogens (tertiary/aromatic N) is 1. The van der Waals surface area contributed by atoms with Crippen molar-refractivity contribution in [3.8, 4) is 5.75 Å². The zero-order valence-corrected chi connectivity index (χ0v) is 9.85. The SMILES string of the molecule is O=C(CCc1cccc(O)c1)N1CCNCC1. The van der Waals surface area contributed by atoms with Gasteiger partial charge < -0.3 is 15.3 Å². The Morgan fingerprint density at radius 3 is 2.82 bits per heavy atom. The Morgan fingerprint density at radius 1 is 1.35 bits per heavy atom. The van der Waals surface area contributed by atoms with Gasteiger partial charge in [-0.3, -0.25) is 4.79 Å². The summed E-state index contributed by atoms with van der Waals surface area (Å²) in [5, 5.41) is 12.5. The molecule has 1 heterocycles. The quantitative estimate of drug-likeness (QED) is 0.811. The summed E-state index contributed by atoms with van der Waals surface area (Å²) in [5.74, 6) is 0.465. The molecular weight excluding hydrogens is 216 g/mol. The number of phenols is 1. The molecule has 2 N–H and O–H groups in total. The van der Waals surface area contributed by atoms with E-state index in [2.05, 4.69) is 5.32 Å². The van der Waals surface area contributed by atoms with Crippen molar-refractivity contribution in [3.63, 3.8) is 0 Å². The smallest absolute Gasteiger partial charge is 0.222 e. The molecule has 1 amide bonds. The number of hydrogen-bond donors (Lipinski definition) is 2. The van der Waals surface area contributed by atoms with Gasteiger partial charge in [-0.25, -0.2) is 0 Å². The zero-order valence-electron chi connectivity index (χ0n) is 9.85. The molecule has 0 saturated carbocycles. The van der Waals surface area contributed by atoms with E-state index in [0.717, 1.165) is 31.7 Å². The lowest BCUT2D eigenvalue weighted by Gasteiger charge is -2.27. The van der Waals surface area contributed by atoms with Crippen LogP contribution in [0.1, 0.15) is 12.0 Å². The number of phenolic OH excluding ortho intramolecular Hbond substituents is 1. The summed E-state index contributed by atoms with van der Waals surface area (Å²) in [5.41, 5.74) is 1.01. The minimum atomic E-state index is 0.204. The molecule has 0 aromatic heterocycles. The predicted molar refractivity (Wildman–Crippen MR) is 65.9 cm³/mol. The monoisotopic (exact) mass is 234 g/mol. The highest BCUT2D eigenvalue weighted by molar-refractivity contribution is 5.76. The Labute approximate surface area is 101 Å². The number of carbonyl (C=O) groups excluding carboxylic acids is 1. The van der Waals surface area contributed by atoms with E-state index in [9.17, 15) is 9.90 Å². The normalized spacial score (nSPS) is 15.9. The highest BCUT2D eigenvalue weighted by Crippen LogP contribution is 2.13. The predicted octanol–water partition coefficient (Wildman–Crippen LogP) is 0.757. The van der Waals surface area contributed by atoms with Crippen LogP contribution in [0.4, 0.5) is 0 Å². The van der Waals surface area contributed by atoms with E-state index < -0.39 is 0 Å². The van der Waals surface area contributed by atoms with Crippen molar-refractivity contribution in [2.45, 2.75) is 12.8 Å². The molecule has 1 fully saturated rings. The minimum absolute atomic E-state index is 0.204. The van der Waals surface area contributed by atoms with E-state index in [1.807, 2.05) is 11.0 Å². The van der Waals surface area contributed by atoms with Crippen molar-refractivity contribution >= 4 is 5.91 Å². The number of nitrogens with one attached hydrogen (secondary N) is 1. The first-order chi connectivity index (χ1) is 8.25. The molecule has 1 aliphatic heterocycles. The molecule has 0 atom stereocenters. The molecule has 1 saturated heterocycles. The summed E-state index contributed by atoms with van der Waals surface area (Å²) in [6.45, 7) is 3.38. The summed E-state index contributed by atoms with van der Waals surface area (Å²) < 4.78 is 0. The number of piperazine rings is 1. The Morgan fingerprint density at radius 2 is 2.12 bits per heavy atom. The largest absolute Gasteiger partial charge is 0.508 e. The van der Waals surface area contributed by atoms with Crippen LogP contribution < -0.4 is 5.32 Å². The lowest BCUT2D eigenvalue weighted by atomic mass is 10.1. The van der Waals surface area contributed by atoms with Gasteiger partial charge in [0, 0.05) is 32.6 Å². The van der Waals surface area contributed by atoms with Crippen molar-refractivity contribution in [3.05, 3.63) is 29.8 Å². The summed E-state index contributed by atoms with van der Waals surface area (Å²) in [7, 11) is 0. The molecule has 4 nitrogen and oxygen atoms in total. The molecule has 2 rings (SSSR count). The average Bonchev–Trinajstić information content (AvgIpc) is 2.37. The molecule has 17 heavy (non-hydrogen) atoms. The highest BCUT2D eigenvalue weighted by Gasteiger charge is 2.15. The molecule has 0 spiro atoms. The third kappa shape index (κ3) is 3.46. The summed E-state index contributed by atoms with van der Waals surface area (Å²) >= 11 is 0. The number of benzene rings is 1. The molecule has 1 aliphatic rings. The van der Waals surface area contributed by atoms with E-state index in [-0.39, 0.29) is 11.7 Å². The third-order valence-electron chi connectivity index (χ3n) is 3.01. The van der Waals surface area contributed by atoms with Crippen LogP contribution in [0.15, 0.2) is 24.3 Å². The summed E-state index contributed by atoms with van der Waals surface area (Å²) in [6, 6.07) is 7.09. The summed E-state index contributed by atoms with van der Waals surface area (Å²) in [6.07, 6.45) is 1.21. The molecule has 1 aromatic rings. The first kappa shape index (κ1) is 11.9. The number of rotatable bonds is 3. The molecule has 0 bridgehead atoms. The topological polar surface area (TPSA) is 52.6 Å². The molecule has 92 valence electrons. The molecule has 4 heteroatoms. The second kappa shape index (κ2) is 5.68. The van der Waals surface area contributed by atoms with E-state index >= 15 is 0 Å². The van der Waals surface area contributed by atoms with Gasteiger partial charge in [-0.2, -0.15) is 0 Å². The van der Waals surface area contributed by atoms with Crippen LogP contribution in [-0.4, -0.2) is 42.1 Å². The molecular formula is C13H18N2O2. The number of amides is 1. The standard InChI is InChI=1S/C13H18N2O2/c16-12-3-1-2-11(10-12)4-5-13(17)15-8-6-14-7-9-15/h1-3,10,14,16H,4-9H2. The lowest BCUT2D eigenvalue weighted by molar-refractivity contribution is -0.131. The van der Waals surface area contributed by atoms with Gasteiger partial charge in [-0.05, 0) is 24.1 Å². The Balaban J connectivity index is 1.83. The van der Waals surface area contributed by atoms with Crippen LogP contribution in [0.3, 0.4) is 0 Å². The van der Waals surface area contributed by atoms with Crippen molar-refractivity contribution in [1.82, 2.24) is 10.2 Å². The highest BCUT2D eigenvalue weighted by atomic mass is 16.3. The van der Waals surface area contributed by atoms with Gasteiger partial charge in [0.25, 0.3) is 0 Å². The lowest BCUT2D eigenvalue weighted by Crippen LogP contribution is -2.46. The first-order valence-corrected chi connectivity index (χ1v) is 6.02. The maximum atomic E-state index is 11.9. The van der Waals surface area contributed by atoms with E-state index in [1.165, 1.54) is 0 Å². The number of hydrogen-bond acceptors (Lipinski definition) is 3. The van der Waals surface area contributed by atoms with Crippen LogP contribution in [0.5, 0.6) is 5.75 Å². The van der Waals surface area contributed by atoms with Gasteiger partial charge in [0.2, 0.25) is 5.91 Å². The third-order valence-corrected chi connectivity index (χ3v) is 3.01. The van der Waals surface area contributed by atoms with Gasteiger partial charge in [-0.15, -0.1) is 0 Å². The molecule has 1 aromatic carbocycles. The minimum Gasteiger partial charge on any atom is -0.508 e. The van der Waals surface area contributed by atoms with Gasteiger partial charge >= 0.3 is 0 Å². The number of carbonyl (C=O) groups is 1. The van der Waals surface area contributed by atoms with Crippen molar-refractivity contribution in [2.24, 2.45) is 0 Å². The average molecular weight is 234 g/mol. The Kier molecular flexibility index (Phi) is 3.98. The molecule has 0 aliphatic carbocycles. The second-order valence-electron chi connectivity index (χ2n) is 4.30. The maximum Gasteiger partial charge on any atom is 0.222 e. The Bertz CT molecular complexity index is 387. The first-order valence-electron chi connectivity index (χ1n) is 6.02.